The van der Waals surface area contributed by atoms with Crippen LogP contribution in [0.25, 0.3) is 0 Å². The summed E-state index contributed by atoms with van der Waals surface area (Å²) in [5.74, 6) is 0.187. The second-order valence-corrected chi connectivity index (χ2v) is 8.22. The van der Waals surface area contributed by atoms with Gasteiger partial charge < -0.3 is 15.1 Å². The quantitative estimate of drug-likeness (QED) is 0.782. The number of carbonyl (C=O) groups excluding carboxylic acids is 1. The van der Waals surface area contributed by atoms with Gasteiger partial charge in [0.15, 0.2) is 0 Å². The minimum Gasteiger partial charge on any atom is -0.355 e. The number of carbonyl (C=O) groups is 1. The Morgan fingerprint density at radius 1 is 1.14 bits per heavy atom. The Labute approximate surface area is 172 Å². The fourth-order valence-corrected chi connectivity index (χ4v) is 4.29. The lowest BCUT2D eigenvalue weighted by atomic mass is 10.0. The standard InChI is InChI=1S/C21H33F2N5O/c1-16(2)26-11-7-17(8-12-26)27-9-4-10-28(14-13-27)20-6-3-5-18(25-20)21(29)24-15-19(22)23/h3,5-6,16-17,19H,4,7-15H2,1-2H3,(H,24,29). The summed E-state index contributed by atoms with van der Waals surface area (Å²) in [6.45, 7) is 10.0. The summed E-state index contributed by atoms with van der Waals surface area (Å²) >= 11 is 0. The van der Waals surface area contributed by atoms with Gasteiger partial charge in [-0.1, -0.05) is 6.07 Å². The summed E-state index contributed by atoms with van der Waals surface area (Å²) in [5, 5.41) is 2.22. The third-order valence-corrected chi connectivity index (χ3v) is 5.98. The van der Waals surface area contributed by atoms with Gasteiger partial charge in [-0.3, -0.25) is 9.69 Å². The Kier molecular flexibility index (Phi) is 7.77. The minimum absolute atomic E-state index is 0.185. The molecule has 6 nitrogen and oxygen atoms in total. The van der Waals surface area contributed by atoms with E-state index in [4.69, 9.17) is 0 Å². The van der Waals surface area contributed by atoms with Gasteiger partial charge in [-0.2, -0.15) is 0 Å². The fourth-order valence-electron chi connectivity index (χ4n) is 4.29. The molecular weight excluding hydrogens is 376 g/mol. The lowest BCUT2D eigenvalue weighted by molar-refractivity contribution is 0.0887. The van der Waals surface area contributed by atoms with Crippen molar-refractivity contribution in [2.75, 3.05) is 50.7 Å². The van der Waals surface area contributed by atoms with Crippen LogP contribution in [0.5, 0.6) is 0 Å². The van der Waals surface area contributed by atoms with Crippen LogP contribution in [0.2, 0.25) is 0 Å². The van der Waals surface area contributed by atoms with E-state index in [1.807, 2.05) is 6.07 Å². The summed E-state index contributed by atoms with van der Waals surface area (Å²) in [4.78, 5) is 23.8. The Bertz CT molecular complexity index is 664. The molecule has 0 saturated carbocycles. The van der Waals surface area contributed by atoms with Gasteiger partial charge in [-0.05, 0) is 58.3 Å². The molecule has 0 bridgehead atoms. The number of amides is 1. The molecule has 0 atom stereocenters. The van der Waals surface area contributed by atoms with E-state index in [2.05, 4.69) is 38.8 Å². The number of rotatable bonds is 6. The van der Waals surface area contributed by atoms with E-state index in [1.54, 1.807) is 12.1 Å². The van der Waals surface area contributed by atoms with Gasteiger partial charge in [-0.25, -0.2) is 13.8 Å². The van der Waals surface area contributed by atoms with Crippen LogP contribution in [0.15, 0.2) is 18.2 Å². The van der Waals surface area contributed by atoms with Crippen molar-refractivity contribution in [1.29, 1.82) is 0 Å². The number of hydrogen-bond acceptors (Lipinski definition) is 5. The van der Waals surface area contributed by atoms with Crippen LogP contribution in [-0.2, 0) is 0 Å². The molecule has 3 rings (SSSR count). The largest absolute Gasteiger partial charge is 0.355 e. The van der Waals surface area contributed by atoms with Crippen molar-refractivity contribution in [3.8, 4) is 0 Å². The van der Waals surface area contributed by atoms with Gasteiger partial charge in [0.05, 0.1) is 6.54 Å². The van der Waals surface area contributed by atoms with E-state index >= 15 is 0 Å². The Morgan fingerprint density at radius 2 is 1.90 bits per heavy atom. The maximum absolute atomic E-state index is 12.3. The van der Waals surface area contributed by atoms with Crippen molar-refractivity contribution < 1.29 is 13.6 Å². The third kappa shape index (κ3) is 6.09. The van der Waals surface area contributed by atoms with Crippen molar-refractivity contribution in [3.63, 3.8) is 0 Å². The average molecular weight is 410 g/mol. The van der Waals surface area contributed by atoms with Crippen LogP contribution in [0.3, 0.4) is 0 Å². The lowest BCUT2D eigenvalue weighted by Crippen LogP contribution is -2.47. The molecule has 0 aromatic carbocycles. The monoisotopic (exact) mass is 409 g/mol. The zero-order chi connectivity index (χ0) is 20.8. The van der Waals surface area contributed by atoms with Crippen LogP contribution in [-0.4, -0.2) is 85.0 Å². The number of alkyl halides is 2. The highest BCUT2D eigenvalue weighted by atomic mass is 19.3. The molecule has 0 aliphatic carbocycles. The lowest BCUT2D eigenvalue weighted by Gasteiger charge is -2.39. The number of piperidine rings is 1. The van der Waals surface area contributed by atoms with E-state index in [9.17, 15) is 13.6 Å². The number of nitrogens with one attached hydrogen (secondary N) is 1. The maximum atomic E-state index is 12.3. The van der Waals surface area contributed by atoms with Gasteiger partial charge in [0.25, 0.3) is 12.3 Å². The Morgan fingerprint density at radius 3 is 2.59 bits per heavy atom. The molecule has 2 aliphatic rings. The normalized spacial score (nSPS) is 20.3. The Balaban J connectivity index is 1.56. The van der Waals surface area contributed by atoms with Crippen molar-refractivity contribution in [1.82, 2.24) is 20.1 Å². The second-order valence-electron chi connectivity index (χ2n) is 8.22. The molecule has 8 heteroatoms. The topological polar surface area (TPSA) is 51.7 Å². The molecule has 29 heavy (non-hydrogen) atoms. The molecule has 1 N–H and O–H groups in total. The molecule has 0 unspecified atom stereocenters. The molecule has 1 amide bonds. The molecular formula is C21H33F2N5O. The summed E-state index contributed by atoms with van der Waals surface area (Å²) in [5.41, 5.74) is 0.185. The highest BCUT2D eigenvalue weighted by Crippen LogP contribution is 2.21. The number of halogens is 2. The Hall–Kier alpha value is -1.80. The number of anilines is 1. The van der Waals surface area contributed by atoms with Crippen LogP contribution >= 0.6 is 0 Å². The number of hydrogen-bond donors (Lipinski definition) is 1. The van der Waals surface area contributed by atoms with Crippen LogP contribution in [0, 0.1) is 0 Å². The molecule has 162 valence electrons. The second kappa shape index (κ2) is 10.3. The zero-order valence-corrected chi connectivity index (χ0v) is 17.5. The maximum Gasteiger partial charge on any atom is 0.270 e. The van der Waals surface area contributed by atoms with Crippen molar-refractivity contribution >= 4 is 11.7 Å². The fraction of sp³-hybridized carbons (Fsp3) is 0.714. The summed E-state index contributed by atoms with van der Waals surface area (Å²) < 4.78 is 24.7. The molecule has 2 aliphatic heterocycles. The zero-order valence-electron chi connectivity index (χ0n) is 17.5. The average Bonchev–Trinajstić information content (AvgIpc) is 2.98. The van der Waals surface area contributed by atoms with Crippen molar-refractivity contribution in [2.45, 2.75) is 51.6 Å². The highest BCUT2D eigenvalue weighted by Gasteiger charge is 2.27. The van der Waals surface area contributed by atoms with E-state index in [0.717, 1.165) is 38.4 Å². The van der Waals surface area contributed by atoms with Gasteiger partial charge in [0.2, 0.25) is 0 Å². The number of likely N-dealkylation sites (tertiary alicyclic amines) is 1. The first-order valence-electron chi connectivity index (χ1n) is 10.7. The first-order chi connectivity index (χ1) is 13.9. The molecule has 2 saturated heterocycles. The number of pyridine rings is 1. The van der Waals surface area contributed by atoms with Crippen LogP contribution < -0.4 is 10.2 Å². The van der Waals surface area contributed by atoms with Crippen LogP contribution in [0.4, 0.5) is 14.6 Å². The SMILES string of the molecule is CC(C)N1CCC(N2CCCN(c3cccc(C(=O)NCC(F)F)n3)CC2)CC1. The van der Waals surface area contributed by atoms with E-state index in [1.165, 1.54) is 25.9 Å². The summed E-state index contributed by atoms with van der Waals surface area (Å²) in [7, 11) is 0. The van der Waals surface area contributed by atoms with Gasteiger partial charge in [0, 0.05) is 38.3 Å². The predicted octanol–water partition coefficient (Wildman–Crippen LogP) is 2.46. The van der Waals surface area contributed by atoms with E-state index in [0.29, 0.717) is 12.1 Å². The van der Waals surface area contributed by atoms with Crippen LogP contribution in [0.1, 0.15) is 43.6 Å². The molecule has 0 radical (unpaired) electrons. The number of aromatic nitrogens is 1. The highest BCUT2D eigenvalue weighted by molar-refractivity contribution is 5.92. The smallest absolute Gasteiger partial charge is 0.270 e. The van der Waals surface area contributed by atoms with E-state index in [-0.39, 0.29) is 5.69 Å². The molecule has 1 aromatic heterocycles. The van der Waals surface area contributed by atoms with Crippen molar-refractivity contribution in [2.24, 2.45) is 0 Å². The minimum atomic E-state index is -2.56. The van der Waals surface area contributed by atoms with Gasteiger partial charge in [-0.15, -0.1) is 0 Å². The predicted molar refractivity (Wildman–Crippen MR) is 111 cm³/mol. The number of nitrogens with zero attached hydrogens (tertiary/aromatic N) is 4. The first-order valence-corrected chi connectivity index (χ1v) is 10.7. The van der Waals surface area contributed by atoms with Gasteiger partial charge >= 0.3 is 0 Å². The molecule has 1 aromatic rings. The third-order valence-electron chi connectivity index (χ3n) is 5.98. The molecule has 2 fully saturated rings. The van der Waals surface area contributed by atoms with E-state index < -0.39 is 18.9 Å². The first kappa shape index (κ1) is 21.9. The summed E-state index contributed by atoms with van der Waals surface area (Å²) in [6.07, 6.45) is 0.923. The summed E-state index contributed by atoms with van der Waals surface area (Å²) in [6, 6.07) is 6.48. The van der Waals surface area contributed by atoms with Gasteiger partial charge in [0.1, 0.15) is 11.5 Å². The molecule has 3 heterocycles. The van der Waals surface area contributed by atoms with Crippen molar-refractivity contribution in [3.05, 3.63) is 23.9 Å². The molecule has 0 spiro atoms.